The van der Waals surface area contributed by atoms with Crippen LogP contribution in [0.25, 0.3) is 0 Å². The lowest BCUT2D eigenvalue weighted by Gasteiger charge is -2.30. The van der Waals surface area contributed by atoms with Crippen LogP contribution in [-0.4, -0.2) is 41.3 Å². The van der Waals surface area contributed by atoms with Crippen LogP contribution in [0.5, 0.6) is 0 Å². The van der Waals surface area contributed by atoms with Gasteiger partial charge in [0.05, 0.1) is 12.0 Å². The Labute approximate surface area is 89.0 Å². The van der Waals surface area contributed by atoms with E-state index in [0.717, 1.165) is 6.42 Å². The molecule has 0 bridgehead atoms. The Morgan fingerprint density at radius 2 is 2.13 bits per heavy atom. The number of ether oxygens (including phenoxy) is 1. The van der Waals surface area contributed by atoms with Crippen molar-refractivity contribution in [3.63, 3.8) is 0 Å². The quantitative estimate of drug-likeness (QED) is 0.754. The van der Waals surface area contributed by atoms with Crippen molar-refractivity contribution in [3.05, 3.63) is 0 Å². The summed E-state index contributed by atoms with van der Waals surface area (Å²) < 4.78 is 5.01. The van der Waals surface area contributed by atoms with Gasteiger partial charge in [-0.15, -0.1) is 0 Å². The second-order valence-electron chi connectivity index (χ2n) is 4.06. The summed E-state index contributed by atoms with van der Waals surface area (Å²) in [5, 5.41) is 8.84. The highest BCUT2D eigenvalue weighted by molar-refractivity contribution is 5.73. The number of amides is 1. The topological polar surface area (TPSA) is 66.8 Å². The lowest BCUT2D eigenvalue weighted by Crippen LogP contribution is -2.43. The highest BCUT2D eigenvalue weighted by Gasteiger charge is 2.29. The Morgan fingerprint density at radius 3 is 2.67 bits per heavy atom. The summed E-state index contributed by atoms with van der Waals surface area (Å²) in [6.45, 7) is 4.41. The van der Waals surface area contributed by atoms with E-state index in [2.05, 4.69) is 0 Å². The minimum atomic E-state index is -0.836. The van der Waals surface area contributed by atoms with E-state index >= 15 is 0 Å². The van der Waals surface area contributed by atoms with E-state index < -0.39 is 18.0 Å². The van der Waals surface area contributed by atoms with Gasteiger partial charge >= 0.3 is 12.1 Å². The lowest BCUT2D eigenvalue weighted by molar-refractivity contribution is -0.143. The fourth-order valence-corrected chi connectivity index (χ4v) is 1.62. The molecule has 0 radical (unpaired) electrons. The molecular formula is C10H17NO4. The number of aliphatic carboxylic acids is 1. The van der Waals surface area contributed by atoms with Crippen LogP contribution < -0.4 is 0 Å². The van der Waals surface area contributed by atoms with Crippen molar-refractivity contribution in [3.8, 4) is 0 Å². The Morgan fingerprint density at radius 1 is 1.47 bits per heavy atom. The molecule has 1 fully saturated rings. The normalized spacial score (nSPS) is 21.5. The molecule has 1 N–H and O–H groups in total. The second kappa shape index (κ2) is 5.00. The number of piperidine rings is 1. The molecule has 0 aromatic heterocycles. The highest BCUT2D eigenvalue weighted by Crippen LogP contribution is 2.17. The standard InChI is InChI=1S/C10H17NO4/c1-7(2)15-10(14)11-5-3-4-8(6-11)9(12)13/h7-8H,3-6H2,1-2H3,(H,12,13)/t8-/m0/s1. The number of carbonyl (C=O) groups excluding carboxylic acids is 1. The molecule has 5 heteroatoms. The van der Waals surface area contributed by atoms with Crippen molar-refractivity contribution < 1.29 is 19.4 Å². The van der Waals surface area contributed by atoms with Gasteiger partial charge in [-0.2, -0.15) is 0 Å². The number of nitrogens with zero attached hydrogens (tertiary/aromatic N) is 1. The van der Waals surface area contributed by atoms with Gasteiger partial charge in [0.15, 0.2) is 0 Å². The minimum absolute atomic E-state index is 0.164. The van der Waals surface area contributed by atoms with E-state index in [-0.39, 0.29) is 12.6 Å². The number of carboxylic acids is 1. The first-order valence-electron chi connectivity index (χ1n) is 5.19. The summed E-state index contributed by atoms with van der Waals surface area (Å²) in [5.41, 5.74) is 0. The predicted octanol–water partition coefficient (Wildman–Crippen LogP) is 1.33. The van der Waals surface area contributed by atoms with Gasteiger partial charge in [0, 0.05) is 13.1 Å². The number of hydrogen-bond donors (Lipinski definition) is 1. The Hall–Kier alpha value is -1.26. The minimum Gasteiger partial charge on any atom is -0.481 e. The van der Waals surface area contributed by atoms with Crippen LogP contribution in [0.4, 0.5) is 4.79 Å². The fourth-order valence-electron chi connectivity index (χ4n) is 1.62. The van der Waals surface area contributed by atoms with Crippen molar-refractivity contribution in [2.24, 2.45) is 5.92 Å². The van der Waals surface area contributed by atoms with Gasteiger partial charge in [-0.25, -0.2) is 4.79 Å². The third kappa shape index (κ3) is 3.42. The molecule has 0 aromatic carbocycles. The number of rotatable bonds is 2. The SMILES string of the molecule is CC(C)OC(=O)N1CCC[C@H](C(=O)O)C1. The van der Waals surface area contributed by atoms with Crippen molar-refractivity contribution >= 4 is 12.1 Å². The molecule has 15 heavy (non-hydrogen) atoms. The van der Waals surface area contributed by atoms with Crippen LogP contribution in [0, 0.1) is 5.92 Å². The average Bonchev–Trinajstić information content (AvgIpc) is 2.17. The van der Waals surface area contributed by atoms with E-state index in [0.29, 0.717) is 13.0 Å². The van der Waals surface area contributed by atoms with Crippen LogP contribution >= 0.6 is 0 Å². The third-order valence-corrected chi connectivity index (χ3v) is 2.37. The Balaban J connectivity index is 2.48. The molecule has 0 spiro atoms. The van der Waals surface area contributed by atoms with Gasteiger partial charge in [-0.05, 0) is 26.7 Å². The third-order valence-electron chi connectivity index (χ3n) is 2.37. The van der Waals surface area contributed by atoms with Gasteiger partial charge in [-0.1, -0.05) is 0 Å². The van der Waals surface area contributed by atoms with Gasteiger partial charge in [-0.3, -0.25) is 4.79 Å². The summed E-state index contributed by atoms with van der Waals surface area (Å²) in [4.78, 5) is 23.7. The van der Waals surface area contributed by atoms with Gasteiger partial charge in [0.1, 0.15) is 0 Å². The zero-order valence-electron chi connectivity index (χ0n) is 9.10. The zero-order valence-corrected chi connectivity index (χ0v) is 9.10. The second-order valence-corrected chi connectivity index (χ2v) is 4.06. The number of carbonyl (C=O) groups is 2. The van der Waals surface area contributed by atoms with Crippen LogP contribution in [0.15, 0.2) is 0 Å². The molecule has 1 heterocycles. The van der Waals surface area contributed by atoms with E-state index in [9.17, 15) is 9.59 Å². The lowest BCUT2D eigenvalue weighted by atomic mass is 9.99. The van der Waals surface area contributed by atoms with E-state index in [1.54, 1.807) is 13.8 Å². The molecule has 1 saturated heterocycles. The molecule has 1 rings (SSSR count). The molecule has 1 amide bonds. The van der Waals surface area contributed by atoms with Gasteiger partial charge in [0.2, 0.25) is 0 Å². The van der Waals surface area contributed by atoms with Gasteiger partial charge < -0.3 is 14.7 Å². The van der Waals surface area contributed by atoms with E-state index in [4.69, 9.17) is 9.84 Å². The Bertz CT molecular complexity index is 252. The maximum Gasteiger partial charge on any atom is 0.410 e. The zero-order chi connectivity index (χ0) is 11.4. The first kappa shape index (κ1) is 11.8. The molecule has 1 atom stereocenters. The summed E-state index contributed by atoms with van der Waals surface area (Å²) in [6, 6.07) is 0. The smallest absolute Gasteiger partial charge is 0.410 e. The van der Waals surface area contributed by atoms with Crippen molar-refractivity contribution in [2.45, 2.75) is 32.8 Å². The molecule has 0 aliphatic carbocycles. The number of carboxylic acid groups (broad SMARTS) is 1. The number of likely N-dealkylation sites (tertiary alicyclic amines) is 1. The monoisotopic (exact) mass is 215 g/mol. The van der Waals surface area contributed by atoms with Crippen LogP contribution in [0.1, 0.15) is 26.7 Å². The van der Waals surface area contributed by atoms with Crippen molar-refractivity contribution in [1.29, 1.82) is 0 Å². The Kier molecular flexibility index (Phi) is 3.94. The summed E-state index contributed by atoms with van der Waals surface area (Å²) in [7, 11) is 0. The molecule has 1 aliphatic rings. The summed E-state index contributed by atoms with van der Waals surface area (Å²) in [6.07, 6.45) is 0.795. The molecule has 86 valence electrons. The summed E-state index contributed by atoms with van der Waals surface area (Å²) >= 11 is 0. The summed E-state index contributed by atoms with van der Waals surface area (Å²) in [5.74, 6) is -1.28. The molecule has 0 aromatic rings. The first-order chi connectivity index (χ1) is 7.00. The average molecular weight is 215 g/mol. The molecule has 1 aliphatic heterocycles. The predicted molar refractivity (Wildman–Crippen MR) is 53.5 cm³/mol. The van der Waals surface area contributed by atoms with Crippen LogP contribution in [-0.2, 0) is 9.53 Å². The molecule has 0 saturated carbocycles. The van der Waals surface area contributed by atoms with Crippen LogP contribution in [0.3, 0.4) is 0 Å². The number of hydrogen-bond acceptors (Lipinski definition) is 3. The molecular weight excluding hydrogens is 198 g/mol. The maximum absolute atomic E-state index is 11.5. The van der Waals surface area contributed by atoms with E-state index in [1.807, 2.05) is 0 Å². The first-order valence-corrected chi connectivity index (χ1v) is 5.19. The van der Waals surface area contributed by atoms with E-state index in [1.165, 1.54) is 4.90 Å². The van der Waals surface area contributed by atoms with Crippen LogP contribution in [0.2, 0.25) is 0 Å². The fraction of sp³-hybridized carbons (Fsp3) is 0.800. The van der Waals surface area contributed by atoms with Gasteiger partial charge in [0.25, 0.3) is 0 Å². The molecule has 0 unspecified atom stereocenters. The van der Waals surface area contributed by atoms with Crippen molar-refractivity contribution in [2.75, 3.05) is 13.1 Å². The molecule has 5 nitrogen and oxygen atoms in total. The highest BCUT2D eigenvalue weighted by atomic mass is 16.6. The maximum atomic E-state index is 11.5. The largest absolute Gasteiger partial charge is 0.481 e. The van der Waals surface area contributed by atoms with Crippen molar-refractivity contribution in [1.82, 2.24) is 4.90 Å².